The highest BCUT2D eigenvalue weighted by Gasteiger charge is 2.35. The first kappa shape index (κ1) is 13.2. The van der Waals surface area contributed by atoms with Crippen LogP contribution < -0.4 is 0 Å². The van der Waals surface area contributed by atoms with Crippen molar-refractivity contribution in [1.29, 1.82) is 5.41 Å². The number of hydrogen-bond acceptors (Lipinski definition) is 5. The van der Waals surface area contributed by atoms with Crippen molar-refractivity contribution in [2.24, 2.45) is 0 Å². The highest BCUT2D eigenvalue weighted by atomic mass is 16.6. The van der Waals surface area contributed by atoms with Gasteiger partial charge in [-0.1, -0.05) is 0 Å². The quantitative estimate of drug-likeness (QED) is 0.475. The smallest absolute Gasteiger partial charge is 0.416 e. The molecule has 19 heavy (non-hydrogen) atoms. The van der Waals surface area contributed by atoms with Gasteiger partial charge in [0.15, 0.2) is 0 Å². The molecular formula is C12H15N2O5+. The number of carbonyl (C=O) groups excluding carboxylic acids is 1. The van der Waals surface area contributed by atoms with E-state index in [1.165, 1.54) is 25.3 Å². The first-order valence-corrected chi connectivity index (χ1v) is 5.63. The van der Waals surface area contributed by atoms with E-state index in [0.29, 0.717) is 0 Å². The zero-order valence-electron chi connectivity index (χ0n) is 10.3. The number of hydrogen-bond donors (Lipinski definition) is 2. The molecule has 0 aromatic heterocycles. The summed E-state index contributed by atoms with van der Waals surface area (Å²) >= 11 is 0. The number of cyclic esters (lactones) is 1. The number of rotatable bonds is 3. The molecule has 0 bridgehead atoms. The second-order valence-electron chi connectivity index (χ2n) is 4.15. The lowest BCUT2D eigenvalue weighted by Crippen LogP contribution is -2.32. The van der Waals surface area contributed by atoms with Crippen LogP contribution in [0.15, 0.2) is 18.2 Å². The molecule has 1 aromatic carbocycles. The largest absolute Gasteiger partial charge is 0.593 e. The van der Waals surface area contributed by atoms with Crippen LogP contribution in [0.2, 0.25) is 0 Å². The topological polar surface area (TPSA) is 106 Å². The third-order valence-corrected chi connectivity index (χ3v) is 2.75. The summed E-state index contributed by atoms with van der Waals surface area (Å²) in [6, 6.07) is 4.02. The molecule has 4 N–H and O–H groups in total. The first-order chi connectivity index (χ1) is 9.02. The Morgan fingerprint density at radius 3 is 3.05 bits per heavy atom. The van der Waals surface area contributed by atoms with E-state index in [2.05, 4.69) is 0 Å². The molecule has 0 radical (unpaired) electrons. The number of nitrogens with zero attached hydrogens (tertiary/aromatic N) is 1. The summed E-state index contributed by atoms with van der Waals surface area (Å²) in [5, 5.41) is 24.9. The summed E-state index contributed by atoms with van der Waals surface area (Å²) in [6.07, 6.45) is -1.04. The monoisotopic (exact) mass is 267 g/mol. The highest BCUT2D eigenvalue weighted by molar-refractivity contribution is 6.06. The van der Waals surface area contributed by atoms with Crippen molar-refractivity contribution < 1.29 is 24.5 Å². The molecule has 1 saturated heterocycles. The van der Waals surface area contributed by atoms with Crippen molar-refractivity contribution in [3.05, 3.63) is 23.8 Å². The van der Waals surface area contributed by atoms with Gasteiger partial charge in [0.2, 0.25) is 0 Å². The van der Waals surface area contributed by atoms with Crippen LogP contribution in [0.3, 0.4) is 0 Å². The van der Waals surface area contributed by atoms with Crippen LogP contribution in [0.5, 0.6) is 11.5 Å². The van der Waals surface area contributed by atoms with Gasteiger partial charge in [-0.3, -0.25) is 10.3 Å². The highest BCUT2D eigenvalue weighted by Crippen LogP contribution is 2.25. The Morgan fingerprint density at radius 2 is 2.42 bits per heavy atom. The summed E-state index contributed by atoms with van der Waals surface area (Å²) < 4.78 is 9.93. The molecule has 0 saturated carbocycles. The minimum absolute atomic E-state index is 0.0204. The van der Waals surface area contributed by atoms with Crippen LogP contribution >= 0.6 is 0 Å². The second-order valence-corrected chi connectivity index (χ2v) is 4.15. The lowest BCUT2D eigenvalue weighted by Gasteiger charge is -2.13. The average molecular weight is 267 g/mol. The number of benzene rings is 1. The fraction of sp³-hybridized carbons (Fsp3) is 0.333. The minimum atomic E-state index is -0.625. The molecule has 7 heteroatoms. The molecule has 1 amide bonds. The number of phenolic OH excluding ortho intramolecular Hbond substituents is 1. The van der Waals surface area contributed by atoms with Gasteiger partial charge >= 0.3 is 6.09 Å². The van der Waals surface area contributed by atoms with Crippen molar-refractivity contribution >= 4 is 11.9 Å². The van der Waals surface area contributed by atoms with E-state index in [-0.39, 0.29) is 36.0 Å². The van der Waals surface area contributed by atoms with Crippen LogP contribution in [0.1, 0.15) is 5.56 Å². The van der Waals surface area contributed by atoms with Gasteiger partial charge in [-0.15, -0.1) is 0 Å². The van der Waals surface area contributed by atoms with Crippen LogP contribution in [0, 0.1) is 5.41 Å². The predicted molar refractivity (Wildman–Crippen MR) is 66.8 cm³/mol. The maximum absolute atomic E-state index is 11.6. The second kappa shape index (κ2) is 5.15. The standard InChI is InChI=1S/C12H14N2O5/c1-18-6-8-5-14(12(17)19-8)11(13)9-3-2-7(15)4-10(9)16/h2-4,8,13,15-16H,5-6H2,1H3/p+1. The molecule has 1 heterocycles. The molecule has 0 spiro atoms. The molecular weight excluding hydrogens is 252 g/mol. The van der Waals surface area contributed by atoms with E-state index in [1.54, 1.807) is 0 Å². The molecule has 1 unspecified atom stereocenters. The molecule has 1 aliphatic rings. The Morgan fingerprint density at radius 1 is 1.68 bits per heavy atom. The number of ether oxygens (including phenoxy) is 2. The summed E-state index contributed by atoms with van der Waals surface area (Å²) in [5.74, 6) is -0.190. The molecule has 1 atom stereocenters. The molecule has 7 nitrogen and oxygen atoms in total. The average Bonchev–Trinajstić information content (AvgIpc) is 2.70. The van der Waals surface area contributed by atoms with Gasteiger partial charge in [0.05, 0.1) is 19.2 Å². The molecule has 1 aromatic rings. The number of phenols is 1. The third-order valence-electron chi connectivity index (χ3n) is 2.75. The summed E-state index contributed by atoms with van der Waals surface area (Å²) in [7, 11) is 1.50. The molecule has 2 rings (SSSR count). The van der Waals surface area contributed by atoms with Crippen LogP contribution in [-0.4, -0.2) is 53.4 Å². The Kier molecular flexibility index (Phi) is 3.57. The van der Waals surface area contributed by atoms with E-state index < -0.39 is 12.2 Å². The number of amidine groups is 1. The molecule has 102 valence electrons. The number of carbonyl (C=O) groups is 1. The fourth-order valence-electron chi connectivity index (χ4n) is 1.86. The van der Waals surface area contributed by atoms with Gasteiger partial charge in [0, 0.05) is 7.11 Å². The van der Waals surface area contributed by atoms with Gasteiger partial charge < -0.3 is 19.7 Å². The number of nitrogens with one attached hydrogen (secondary N) is 1. The zero-order chi connectivity index (χ0) is 14.0. The van der Waals surface area contributed by atoms with Gasteiger partial charge in [-0.25, -0.2) is 4.79 Å². The normalized spacial score (nSPS) is 18.5. The summed E-state index contributed by atoms with van der Waals surface area (Å²) in [4.78, 5) is 12.8. The maximum atomic E-state index is 11.6. The van der Waals surface area contributed by atoms with Gasteiger partial charge in [-0.2, -0.15) is 0 Å². The van der Waals surface area contributed by atoms with Crippen molar-refractivity contribution in [3.63, 3.8) is 0 Å². The van der Waals surface area contributed by atoms with Gasteiger partial charge in [-0.05, 0) is 12.1 Å². The van der Waals surface area contributed by atoms with Crippen molar-refractivity contribution in [2.45, 2.75) is 6.10 Å². The van der Waals surface area contributed by atoms with E-state index in [4.69, 9.17) is 20.0 Å². The van der Waals surface area contributed by atoms with E-state index >= 15 is 0 Å². The predicted octanol–water partition coefficient (Wildman–Crippen LogP) is 0.623. The Hall–Kier alpha value is -2.28. The molecule has 1 aliphatic heterocycles. The van der Waals surface area contributed by atoms with Crippen molar-refractivity contribution in [2.75, 3.05) is 20.3 Å². The van der Waals surface area contributed by atoms with Crippen LogP contribution in [0.25, 0.3) is 0 Å². The SMILES string of the molecule is COCC1CN(C(=N)c2ccc(O)cc2[OH2+])C(=O)O1. The van der Waals surface area contributed by atoms with Gasteiger partial charge in [0.1, 0.15) is 23.3 Å². The van der Waals surface area contributed by atoms with E-state index in [0.717, 1.165) is 4.90 Å². The lowest BCUT2D eigenvalue weighted by molar-refractivity contribution is 0.0716. The van der Waals surface area contributed by atoms with Crippen molar-refractivity contribution in [1.82, 2.24) is 4.90 Å². The summed E-state index contributed by atoms with van der Waals surface area (Å²) in [6.45, 7) is 0.477. The number of methoxy groups -OCH3 is 1. The maximum Gasteiger partial charge on any atom is 0.416 e. The third kappa shape index (κ3) is 2.60. The number of aromatic hydroxyl groups is 1. The van der Waals surface area contributed by atoms with Crippen LogP contribution in [0.4, 0.5) is 4.79 Å². The Balaban J connectivity index is 2.18. The van der Waals surface area contributed by atoms with E-state index in [9.17, 15) is 9.90 Å². The minimum Gasteiger partial charge on any atom is -0.593 e. The van der Waals surface area contributed by atoms with Crippen LogP contribution in [-0.2, 0) is 9.47 Å². The molecule has 1 fully saturated rings. The lowest BCUT2D eigenvalue weighted by atomic mass is 10.1. The fourth-order valence-corrected chi connectivity index (χ4v) is 1.86. The first-order valence-electron chi connectivity index (χ1n) is 5.63. The van der Waals surface area contributed by atoms with Crippen molar-refractivity contribution in [3.8, 4) is 11.5 Å². The summed E-state index contributed by atoms with van der Waals surface area (Å²) in [5.41, 5.74) is 0.257. The number of amides is 1. The Labute approximate surface area is 109 Å². The zero-order valence-corrected chi connectivity index (χ0v) is 10.3. The Bertz CT molecular complexity index is 517. The molecule has 0 aliphatic carbocycles. The van der Waals surface area contributed by atoms with E-state index in [1.807, 2.05) is 0 Å². The van der Waals surface area contributed by atoms with Gasteiger partial charge in [0.25, 0.3) is 5.75 Å².